The van der Waals surface area contributed by atoms with Crippen LogP contribution in [0.5, 0.6) is 0 Å². The van der Waals surface area contributed by atoms with Crippen LogP contribution in [0.1, 0.15) is 24.8 Å². The van der Waals surface area contributed by atoms with Crippen LogP contribution >= 0.6 is 0 Å². The van der Waals surface area contributed by atoms with Crippen LogP contribution in [0.4, 0.5) is 20.6 Å². The van der Waals surface area contributed by atoms with E-state index in [1.807, 2.05) is 49.3 Å². The lowest BCUT2D eigenvalue weighted by Gasteiger charge is -2.32. The number of carbonyl (C=O) groups is 1. The van der Waals surface area contributed by atoms with Gasteiger partial charge in [-0.1, -0.05) is 12.1 Å². The van der Waals surface area contributed by atoms with Crippen LogP contribution in [0.25, 0.3) is 11.4 Å². The van der Waals surface area contributed by atoms with E-state index in [0.717, 1.165) is 43.7 Å². The number of nitrogens with zero attached hydrogens (tertiary/aromatic N) is 6. The van der Waals surface area contributed by atoms with Crippen molar-refractivity contribution >= 4 is 17.4 Å². The van der Waals surface area contributed by atoms with E-state index in [4.69, 9.17) is 0 Å². The third-order valence-electron chi connectivity index (χ3n) is 6.57. The summed E-state index contributed by atoms with van der Waals surface area (Å²) >= 11 is 0. The van der Waals surface area contributed by atoms with Gasteiger partial charge in [-0.2, -0.15) is 0 Å². The number of anilines is 2. The largest absolute Gasteiger partial charge is 0.377 e. The molecule has 1 aromatic heterocycles. The van der Waals surface area contributed by atoms with Crippen molar-refractivity contribution in [2.24, 2.45) is 13.0 Å². The third kappa shape index (κ3) is 6.78. The summed E-state index contributed by atoms with van der Waals surface area (Å²) in [6.45, 7) is 3.67. The van der Waals surface area contributed by atoms with Crippen LogP contribution in [0, 0.1) is 11.7 Å². The number of amides is 2. The Labute approximate surface area is 211 Å². The van der Waals surface area contributed by atoms with E-state index in [-0.39, 0.29) is 11.8 Å². The van der Waals surface area contributed by atoms with Crippen molar-refractivity contribution in [3.63, 3.8) is 0 Å². The zero-order valence-electron chi connectivity index (χ0n) is 21.2. The van der Waals surface area contributed by atoms with Crippen molar-refractivity contribution < 1.29 is 9.18 Å². The quantitative estimate of drug-likeness (QED) is 0.442. The average molecular weight is 495 g/mol. The summed E-state index contributed by atoms with van der Waals surface area (Å²) in [6, 6.07) is 12.3. The molecule has 10 heteroatoms. The summed E-state index contributed by atoms with van der Waals surface area (Å²) in [5.41, 5.74) is 3.67. The first-order valence-electron chi connectivity index (χ1n) is 12.4. The summed E-state index contributed by atoms with van der Waals surface area (Å²) in [5.74, 6) is 1.03. The van der Waals surface area contributed by atoms with Gasteiger partial charge in [0.1, 0.15) is 5.82 Å². The van der Waals surface area contributed by atoms with E-state index in [2.05, 4.69) is 31.1 Å². The summed E-state index contributed by atoms with van der Waals surface area (Å²) < 4.78 is 14.8. The van der Waals surface area contributed by atoms with E-state index < -0.39 is 0 Å². The number of likely N-dealkylation sites (tertiary alicyclic amines) is 1. The summed E-state index contributed by atoms with van der Waals surface area (Å²) in [7, 11) is 5.69. The third-order valence-corrected chi connectivity index (χ3v) is 6.57. The molecule has 4 rings (SSSR count). The van der Waals surface area contributed by atoms with Crippen LogP contribution in [-0.4, -0.2) is 71.4 Å². The number of aryl methyl sites for hydroxylation is 1. The lowest BCUT2D eigenvalue weighted by molar-refractivity contribution is 0.172. The highest BCUT2D eigenvalue weighted by molar-refractivity contribution is 5.91. The molecule has 1 aliphatic heterocycles. The smallest absolute Gasteiger partial charge is 0.319 e. The van der Waals surface area contributed by atoms with Gasteiger partial charge in [0.2, 0.25) is 0 Å². The SMILES string of the molecule is CN(C)c1ccc(NC(=O)NCCCN2CCC[C@@H](Cc3ccc(F)cc3)C2)cc1-c1nnnn1C. The van der Waals surface area contributed by atoms with Gasteiger partial charge in [0.15, 0.2) is 5.82 Å². The zero-order chi connectivity index (χ0) is 25.5. The molecule has 0 radical (unpaired) electrons. The Morgan fingerprint density at radius 2 is 2.00 bits per heavy atom. The Hall–Kier alpha value is -3.53. The van der Waals surface area contributed by atoms with Gasteiger partial charge in [0.05, 0.1) is 0 Å². The number of urea groups is 1. The standard InChI is InChI=1S/C26H35FN8O/c1-33(2)24-12-11-22(17-23(24)25-30-31-32-34(25)3)29-26(36)28-13-5-15-35-14-4-6-20(18-35)16-19-7-9-21(27)10-8-19/h7-12,17,20H,4-6,13-16,18H2,1-3H3,(H2,28,29,36)/t20-/m0/s1. The first kappa shape index (κ1) is 25.6. The molecule has 0 saturated carbocycles. The van der Waals surface area contributed by atoms with Crippen molar-refractivity contribution in [1.29, 1.82) is 0 Å². The van der Waals surface area contributed by atoms with Crippen molar-refractivity contribution in [2.75, 3.05) is 50.5 Å². The first-order valence-corrected chi connectivity index (χ1v) is 12.4. The van der Waals surface area contributed by atoms with Crippen LogP contribution in [0.15, 0.2) is 42.5 Å². The van der Waals surface area contributed by atoms with E-state index in [9.17, 15) is 9.18 Å². The molecule has 2 heterocycles. The van der Waals surface area contributed by atoms with Gasteiger partial charge in [-0.15, -0.1) is 5.10 Å². The van der Waals surface area contributed by atoms with Crippen LogP contribution in [0.3, 0.4) is 0 Å². The number of tetrazole rings is 1. The number of rotatable bonds is 9. The maximum atomic E-state index is 13.2. The predicted molar refractivity (Wildman–Crippen MR) is 139 cm³/mol. The number of piperidine rings is 1. The number of carbonyl (C=O) groups excluding carboxylic acids is 1. The van der Waals surface area contributed by atoms with Gasteiger partial charge in [-0.05, 0) is 91.0 Å². The Morgan fingerprint density at radius 1 is 1.19 bits per heavy atom. The molecule has 0 unspecified atom stereocenters. The molecular formula is C26H35FN8O. The van der Waals surface area contributed by atoms with Gasteiger partial charge in [-0.3, -0.25) is 0 Å². The highest BCUT2D eigenvalue weighted by Crippen LogP contribution is 2.30. The van der Waals surface area contributed by atoms with Gasteiger partial charge < -0.3 is 20.4 Å². The lowest BCUT2D eigenvalue weighted by Crippen LogP contribution is -2.38. The fourth-order valence-corrected chi connectivity index (χ4v) is 4.80. The minimum atomic E-state index is -0.234. The molecule has 1 saturated heterocycles. The van der Waals surface area contributed by atoms with Crippen molar-refractivity contribution in [2.45, 2.75) is 25.7 Å². The van der Waals surface area contributed by atoms with Crippen LogP contribution < -0.4 is 15.5 Å². The molecule has 36 heavy (non-hydrogen) atoms. The topological polar surface area (TPSA) is 91.2 Å². The fraction of sp³-hybridized carbons (Fsp3) is 0.462. The molecule has 0 spiro atoms. The normalized spacial score (nSPS) is 16.1. The van der Waals surface area contributed by atoms with E-state index in [1.165, 1.54) is 30.5 Å². The molecule has 192 valence electrons. The van der Waals surface area contributed by atoms with Gasteiger partial charge in [0, 0.05) is 51.2 Å². The fourth-order valence-electron chi connectivity index (χ4n) is 4.80. The average Bonchev–Trinajstić information content (AvgIpc) is 3.29. The van der Waals surface area contributed by atoms with E-state index >= 15 is 0 Å². The van der Waals surface area contributed by atoms with E-state index in [1.54, 1.807) is 11.7 Å². The molecule has 0 aliphatic carbocycles. The van der Waals surface area contributed by atoms with Crippen LogP contribution in [0.2, 0.25) is 0 Å². The minimum absolute atomic E-state index is 0.186. The second kappa shape index (κ2) is 11.9. The Kier molecular flexibility index (Phi) is 8.48. The molecule has 1 atom stereocenters. The van der Waals surface area contributed by atoms with Gasteiger partial charge >= 0.3 is 6.03 Å². The van der Waals surface area contributed by atoms with Crippen molar-refractivity contribution in [3.05, 3.63) is 53.8 Å². The molecular weight excluding hydrogens is 459 g/mol. The molecule has 2 aromatic carbocycles. The molecule has 0 bridgehead atoms. The Morgan fingerprint density at radius 3 is 2.72 bits per heavy atom. The van der Waals surface area contributed by atoms with Crippen molar-refractivity contribution in [3.8, 4) is 11.4 Å². The van der Waals surface area contributed by atoms with Gasteiger partial charge in [-0.25, -0.2) is 13.9 Å². The predicted octanol–water partition coefficient (Wildman–Crippen LogP) is 3.55. The second-order valence-electron chi connectivity index (χ2n) is 9.63. The number of nitrogens with one attached hydrogen (secondary N) is 2. The Balaban J connectivity index is 1.23. The number of halogens is 1. The molecule has 1 fully saturated rings. The van der Waals surface area contributed by atoms with E-state index in [0.29, 0.717) is 24.0 Å². The maximum absolute atomic E-state index is 13.2. The van der Waals surface area contributed by atoms with Crippen LogP contribution in [-0.2, 0) is 13.5 Å². The summed E-state index contributed by atoms with van der Waals surface area (Å²) in [4.78, 5) is 17.0. The zero-order valence-corrected chi connectivity index (χ0v) is 21.2. The maximum Gasteiger partial charge on any atom is 0.319 e. The minimum Gasteiger partial charge on any atom is -0.377 e. The number of benzene rings is 2. The Bertz CT molecular complexity index is 1150. The molecule has 1 aliphatic rings. The monoisotopic (exact) mass is 494 g/mol. The van der Waals surface area contributed by atoms with Crippen molar-refractivity contribution in [1.82, 2.24) is 30.4 Å². The molecule has 3 aromatic rings. The number of aromatic nitrogens is 4. The summed E-state index contributed by atoms with van der Waals surface area (Å²) in [6.07, 6.45) is 4.24. The highest BCUT2D eigenvalue weighted by Gasteiger charge is 2.20. The second-order valence-corrected chi connectivity index (χ2v) is 9.63. The number of hydrogen-bond donors (Lipinski definition) is 2. The summed E-state index contributed by atoms with van der Waals surface area (Å²) in [5, 5.41) is 17.6. The highest BCUT2D eigenvalue weighted by atomic mass is 19.1. The van der Waals surface area contributed by atoms with Gasteiger partial charge in [0.25, 0.3) is 0 Å². The number of hydrogen-bond acceptors (Lipinski definition) is 6. The molecule has 9 nitrogen and oxygen atoms in total. The lowest BCUT2D eigenvalue weighted by atomic mass is 9.91. The molecule has 2 N–H and O–H groups in total. The molecule has 2 amide bonds. The first-order chi connectivity index (χ1) is 17.4.